The van der Waals surface area contributed by atoms with E-state index in [9.17, 15) is 18.0 Å². The average Bonchev–Trinajstić information content (AvgIpc) is 3.21. The standard InChI is InChI=1S/C23H21F3N4O/c1-15-7-8-19(23(24,25)26)18(13-15)22(31)30-12-10-17(14-30)28-20-9-11-27-21(29-20)16-5-3-2-4-6-16/h2-9,11,13,17H,10,12,14H2,1H3,(H,27,28,29)/t17-/m1/s1. The van der Waals surface area contributed by atoms with Crippen LogP contribution in [-0.2, 0) is 6.18 Å². The van der Waals surface area contributed by atoms with Crippen molar-refractivity contribution in [3.8, 4) is 11.4 Å². The van der Waals surface area contributed by atoms with Crippen molar-refractivity contribution >= 4 is 11.7 Å². The summed E-state index contributed by atoms with van der Waals surface area (Å²) in [5.41, 5.74) is 0.289. The largest absolute Gasteiger partial charge is 0.417 e. The van der Waals surface area contributed by atoms with Crippen LogP contribution >= 0.6 is 0 Å². The molecule has 0 bridgehead atoms. The molecule has 5 nitrogen and oxygen atoms in total. The minimum Gasteiger partial charge on any atom is -0.365 e. The van der Waals surface area contributed by atoms with Gasteiger partial charge in [-0.2, -0.15) is 13.2 Å². The Morgan fingerprint density at radius 3 is 2.65 bits per heavy atom. The van der Waals surface area contributed by atoms with Crippen LogP contribution in [0.3, 0.4) is 0 Å². The quantitative estimate of drug-likeness (QED) is 0.651. The SMILES string of the molecule is Cc1ccc(C(F)(F)F)c(C(=O)N2CC[C@@H](Nc3ccnc(-c4ccccc4)n3)C2)c1. The van der Waals surface area contributed by atoms with Crippen molar-refractivity contribution in [2.75, 3.05) is 18.4 Å². The molecule has 1 N–H and O–H groups in total. The molecule has 1 saturated heterocycles. The summed E-state index contributed by atoms with van der Waals surface area (Å²) in [4.78, 5) is 23.1. The molecule has 0 radical (unpaired) electrons. The topological polar surface area (TPSA) is 58.1 Å². The van der Waals surface area contributed by atoms with Gasteiger partial charge in [0.05, 0.1) is 11.1 Å². The fourth-order valence-electron chi connectivity index (χ4n) is 3.69. The van der Waals surface area contributed by atoms with Gasteiger partial charge >= 0.3 is 6.18 Å². The van der Waals surface area contributed by atoms with Gasteiger partial charge in [-0.3, -0.25) is 4.79 Å². The minimum absolute atomic E-state index is 0.110. The zero-order valence-electron chi connectivity index (χ0n) is 16.9. The molecule has 1 atom stereocenters. The summed E-state index contributed by atoms with van der Waals surface area (Å²) in [5, 5.41) is 3.28. The van der Waals surface area contributed by atoms with E-state index in [1.807, 2.05) is 30.3 Å². The van der Waals surface area contributed by atoms with Crippen molar-refractivity contribution in [3.63, 3.8) is 0 Å². The van der Waals surface area contributed by atoms with Gasteiger partial charge in [0.1, 0.15) is 5.82 Å². The molecular formula is C23H21F3N4O. The summed E-state index contributed by atoms with van der Waals surface area (Å²) in [7, 11) is 0. The molecule has 0 spiro atoms. The lowest BCUT2D eigenvalue weighted by Crippen LogP contribution is -2.33. The third kappa shape index (κ3) is 4.68. The summed E-state index contributed by atoms with van der Waals surface area (Å²) in [6.45, 7) is 2.35. The molecule has 1 aliphatic heterocycles. The second kappa shape index (κ2) is 8.37. The van der Waals surface area contributed by atoms with Crippen molar-refractivity contribution in [2.45, 2.75) is 25.6 Å². The number of hydrogen-bond acceptors (Lipinski definition) is 4. The van der Waals surface area contributed by atoms with Crippen LogP contribution in [0.4, 0.5) is 19.0 Å². The van der Waals surface area contributed by atoms with Crippen LogP contribution < -0.4 is 5.32 Å². The average molecular weight is 426 g/mol. The Bertz CT molecular complexity index is 1090. The number of hydrogen-bond donors (Lipinski definition) is 1. The van der Waals surface area contributed by atoms with E-state index >= 15 is 0 Å². The van der Waals surface area contributed by atoms with Crippen LogP contribution in [0.2, 0.25) is 0 Å². The predicted octanol–water partition coefficient (Wildman–Crippen LogP) is 4.80. The van der Waals surface area contributed by atoms with Gasteiger partial charge in [-0.1, -0.05) is 42.0 Å². The third-order valence-electron chi connectivity index (χ3n) is 5.23. The number of halogens is 3. The number of nitrogens with one attached hydrogen (secondary N) is 1. The molecule has 2 aromatic carbocycles. The monoisotopic (exact) mass is 426 g/mol. The zero-order valence-corrected chi connectivity index (χ0v) is 16.9. The number of likely N-dealkylation sites (tertiary alicyclic amines) is 1. The molecule has 31 heavy (non-hydrogen) atoms. The Labute approximate surface area is 178 Å². The second-order valence-corrected chi connectivity index (χ2v) is 7.56. The van der Waals surface area contributed by atoms with Crippen LogP contribution in [0.25, 0.3) is 11.4 Å². The van der Waals surface area contributed by atoms with Crippen molar-refractivity contribution in [1.29, 1.82) is 0 Å². The Morgan fingerprint density at radius 1 is 1.13 bits per heavy atom. The van der Waals surface area contributed by atoms with Gasteiger partial charge in [-0.15, -0.1) is 0 Å². The van der Waals surface area contributed by atoms with Crippen molar-refractivity contribution < 1.29 is 18.0 Å². The molecule has 3 aromatic rings. The van der Waals surface area contributed by atoms with Crippen LogP contribution in [0.15, 0.2) is 60.8 Å². The molecule has 1 fully saturated rings. The van der Waals surface area contributed by atoms with E-state index in [0.717, 1.165) is 11.6 Å². The fraction of sp³-hybridized carbons (Fsp3) is 0.261. The normalized spacial score (nSPS) is 16.4. The molecule has 0 unspecified atom stereocenters. The zero-order chi connectivity index (χ0) is 22.0. The molecule has 1 aromatic heterocycles. The number of aryl methyl sites for hydroxylation is 1. The molecule has 160 valence electrons. The van der Waals surface area contributed by atoms with Gasteiger partial charge in [0.25, 0.3) is 5.91 Å². The van der Waals surface area contributed by atoms with E-state index in [1.165, 1.54) is 17.0 Å². The van der Waals surface area contributed by atoms with Crippen molar-refractivity contribution in [1.82, 2.24) is 14.9 Å². The second-order valence-electron chi connectivity index (χ2n) is 7.56. The van der Waals surface area contributed by atoms with E-state index in [1.54, 1.807) is 19.2 Å². The minimum atomic E-state index is -4.58. The first-order valence-electron chi connectivity index (χ1n) is 9.93. The van der Waals surface area contributed by atoms with Gasteiger partial charge < -0.3 is 10.2 Å². The number of benzene rings is 2. The molecular weight excluding hydrogens is 405 g/mol. The summed E-state index contributed by atoms with van der Waals surface area (Å²) in [6, 6.07) is 14.8. The van der Waals surface area contributed by atoms with Gasteiger partial charge in [-0.05, 0) is 31.5 Å². The molecule has 8 heteroatoms. The van der Waals surface area contributed by atoms with E-state index in [0.29, 0.717) is 36.7 Å². The third-order valence-corrected chi connectivity index (χ3v) is 5.23. The Balaban J connectivity index is 1.47. The van der Waals surface area contributed by atoms with Crippen LogP contribution in [0.1, 0.15) is 27.9 Å². The number of carbonyl (C=O) groups is 1. The van der Waals surface area contributed by atoms with Crippen molar-refractivity contribution in [2.24, 2.45) is 0 Å². The molecule has 1 amide bonds. The highest BCUT2D eigenvalue weighted by Gasteiger charge is 2.37. The maximum absolute atomic E-state index is 13.4. The highest BCUT2D eigenvalue weighted by molar-refractivity contribution is 5.96. The lowest BCUT2D eigenvalue weighted by Gasteiger charge is -2.20. The van der Waals surface area contributed by atoms with E-state index in [-0.39, 0.29) is 11.6 Å². The highest BCUT2D eigenvalue weighted by Crippen LogP contribution is 2.33. The molecule has 0 aliphatic carbocycles. The first-order valence-corrected chi connectivity index (χ1v) is 9.93. The first kappa shape index (κ1) is 20.8. The molecule has 0 saturated carbocycles. The lowest BCUT2D eigenvalue weighted by molar-refractivity contribution is -0.138. The Hall–Kier alpha value is -3.42. The summed E-state index contributed by atoms with van der Waals surface area (Å²) < 4.78 is 40.1. The molecule has 2 heterocycles. The van der Waals surface area contributed by atoms with E-state index in [2.05, 4.69) is 15.3 Å². The summed E-state index contributed by atoms with van der Waals surface area (Å²) in [6.07, 6.45) is -2.31. The highest BCUT2D eigenvalue weighted by atomic mass is 19.4. The summed E-state index contributed by atoms with van der Waals surface area (Å²) >= 11 is 0. The Kier molecular flexibility index (Phi) is 5.63. The summed E-state index contributed by atoms with van der Waals surface area (Å²) in [5.74, 6) is 0.582. The lowest BCUT2D eigenvalue weighted by atomic mass is 10.0. The van der Waals surface area contributed by atoms with Crippen LogP contribution in [0, 0.1) is 6.92 Å². The van der Waals surface area contributed by atoms with Gasteiger partial charge in [0.2, 0.25) is 0 Å². The fourth-order valence-corrected chi connectivity index (χ4v) is 3.69. The maximum atomic E-state index is 13.4. The number of anilines is 1. The van der Waals surface area contributed by atoms with Crippen LogP contribution in [-0.4, -0.2) is 39.9 Å². The van der Waals surface area contributed by atoms with Crippen molar-refractivity contribution in [3.05, 3.63) is 77.5 Å². The number of alkyl halides is 3. The number of nitrogens with zero attached hydrogens (tertiary/aromatic N) is 3. The molecule has 4 rings (SSSR count). The van der Waals surface area contributed by atoms with E-state index < -0.39 is 17.6 Å². The number of amides is 1. The number of aromatic nitrogens is 2. The predicted molar refractivity (Wildman–Crippen MR) is 112 cm³/mol. The van der Waals surface area contributed by atoms with Crippen LogP contribution in [0.5, 0.6) is 0 Å². The van der Waals surface area contributed by atoms with Gasteiger partial charge in [0.15, 0.2) is 5.82 Å². The maximum Gasteiger partial charge on any atom is 0.417 e. The van der Waals surface area contributed by atoms with E-state index in [4.69, 9.17) is 0 Å². The first-order chi connectivity index (χ1) is 14.8. The Morgan fingerprint density at radius 2 is 1.90 bits per heavy atom. The van der Waals surface area contributed by atoms with Gasteiger partial charge in [0, 0.05) is 30.9 Å². The molecule has 1 aliphatic rings. The number of carbonyl (C=O) groups excluding carboxylic acids is 1. The smallest absolute Gasteiger partial charge is 0.365 e. The van der Waals surface area contributed by atoms with Gasteiger partial charge in [-0.25, -0.2) is 9.97 Å². The number of rotatable bonds is 4.